The highest BCUT2D eigenvalue weighted by molar-refractivity contribution is 6.04. The second-order valence-corrected chi connectivity index (χ2v) is 6.62. The molecular weight excluding hydrogens is 394 g/mol. The normalized spacial score (nSPS) is 10.1. The summed E-state index contributed by atoms with van der Waals surface area (Å²) >= 11 is 0. The Hall–Kier alpha value is -4.00. The van der Waals surface area contributed by atoms with Crippen LogP contribution in [0.5, 0.6) is 11.5 Å². The van der Waals surface area contributed by atoms with Gasteiger partial charge < -0.3 is 25.4 Å². The monoisotopic (exact) mass is 419 g/mol. The fourth-order valence-corrected chi connectivity index (χ4v) is 2.81. The third-order valence-corrected chi connectivity index (χ3v) is 4.40. The van der Waals surface area contributed by atoms with E-state index in [9.17, 15) is 9.59 Å². The predicted octanol–water partition coefficient (Wildman–Crippen LogP) is 4.40. The number of carbonyl (C=O) groups excluding carboxylic acids is 2. The van der Waals surface area contributed by atoms with Crippen LogP contribution in [0.3, 0.4) is 0 Å². The van der Waals surface area contributed by atoms with Gasteiger partial charge in [0.1, 0.15) is 11.5 Å². The summed E-state index contributed by atoms with van der Waals surface area (Å²) in [5.41, 5.74) is 2.63. The minimum atomic E-state index is -0.218. The quantitative estimate of drug-likeness (QED) is 0.479. The second kappa shape index (κ2) is 10.7. The molecule has 7 heteroatoms. The van der Waals surface area contributed by atoms with E-state index in [2.05, 4.69) is 16.0 Å². The fourth-order valence-electron chi connectivity index (χ4n) is 2.81. The van der Waals surface area contributed by atoms with E-state index in [0.29, 0.717) is 23.5 Å². The Labute approximate surface area is 181 Å². The number of methoxy groups -OCH3 is 1. The molecule has 0 atom stereocenters. The van der Waals surface area contributed by atoms with Gasteiger partial charge >= 0.3 is 0 Å². The molecule has 0 aliphatic rings. The van der Waals surface area contributed by atoms with Crippen molar-refractivity contribution < 1.29 is 19.1 Å². The first-order valence-electron chi connectivity index (χ1n) is 9.89. The van der Waals surface area contributed by atoms with Crippen molar-refractivity contribution in [1.82, 2.24) is 0 Å². The van der Waals surface area contributed by atoms with E-state index in [-0.39, 0.29) is 18.4 Å². The molecule has 0 aromatic heterocycles. The van der Waals surface area contributed by atoms with Gasteiger partial charge in [0.2, 0.25) is 5.91 Å². The maximum Gasteiger partial charge on any atom is 0.255 e. The summed E-state index contributed by atoms with van der Waals surface area (Å²) in [7, 11) is 1.59. The number of carbonyl (C=O) groups is 2. The van der Waals surface area contributed by atoms with Gasteiger partial charge in [-0.2, -0.15) is 0 Å². The van der Waals surface area contributed by atoms with E-state index in [1.807, 2.05) is 19.1 Å². The zero-order valence-electron chi connectivity index (χ0n) is 17.5. The molecule has 0 fully saturated rings. The number of hydrogen-bond acceptors (Lipinski definition) is 5. The first-order valence-corrected chi connectivity index (χ1v) is 9.89. The average molecular weight is 419 g/mol. The molecule has 3 N–H and O–H groups in total. The number of nitrogens with one attached hydrogen (secondary N) is 3. The highest BCUT2D eigenvalue weighted by Gasteiger charge is 2.07. The van der Waals surface area contributed by atoms with E-state index in [4.69, 9.17) is 9.47 Å². The minimum absolute atomic E-state index is 0.102. The molecule has 2 amide bonds. The summed E-state index contributed by atoms with van der Waals surface area (Å²) in [4.78, 5) is 24.5. The molecule has 0 bridgehead atoms. The Balaban J connectivity index is 1.48. The van der Waals surface area contributed by atoms with Crippen LogP contribution in [0.4, 0.5) is 17.1 Å². The van der Waals surface area contributed by atoms with Crippen molar-refractivity contribution in [3.8, 4) is 11.5 Å². The van der Waals surface area contributed by atoms with Gasteiger partial charge in [0.25, 0.3) is 5.91 Å². The van der Waals surface area contributed by atoms with Gasteiger partial charge in [-0.05, 0) is 79.7 Å². The fraction of sp³-hybridized carbons (Fsp3) is 0.167. The van der Waals surface area contributed by atoms with E-state index in [1.54, 1.807) is 67.8 Å². The van der Waals surface area contributed by atoms with Crippen molar-refractivity contribution in [2.24, 2.45) is 0 Å². The van der Waals surface area contributed by atoms with Crippen LogP contribution >= 0.6 is 0 Å². The zero-order valence-corrected chi connectivity index (χ0v) is 17.5. The average Bonchev–Trinajstić information content (AvgIpc) is 2.80. The zero-order chi connectivity index (χ0) is 22.1. The van der Waals surface area contributed by atoms with Crippen molar-refractivity contribution in [2.75, 3.05) is 36.2 Å². The summed E-state index contributed by atoms with van der Waals surface area (Å²) in [6, 6.07) is 21.2. The third kappa shape index (κ3) is 6.50. The lowest BCUT2D eigenvalue weighted by molar-refractivity contribution is -0.114. The summed E-state index contributed by atoms with van der Waals surface area (Å²) in [5, 5.41) is 8.69. The topological polar surface area (TPSA) is 88.7 Å². The molecule has 7 nitrogen and oxygen atoms in total. The Bertz CT molecular complexity index is 1000. The summed E-state index contributed by atoms with van der Waals surface area (Å²) < 4.78 is 10.5. The number of rotatable bonds is 9. The molecule has 0 aliphatic heterocycles. The lowest BCUT2D eigenvalue weighted by Gasteiger charge is -2.10. The molecule has 0 heterocycles. The van der Waals surface area contributed by atoms with Crippen molar-refractivity contribution in [2.45, 2.75) is 6.92 Å². The maximum atomic E-state index is 12.4. The number of ether oxygens (including phenoxy) is 2. The van der Waals surface area contributed by atoms with Gasteiger partial charge in [0.05, 0.1) is 20.3 Å². The minimum Gasteiger partial charge on any atom is -0.497 e. The summed E-state index contributed by atoms with van der Waals surface area (Å²) in [5.74, 6) is 1.09. The van der Waals surface area contributed by atoms with Gasteiger partial charge in [-0.3, -0.25) is 9.59 Å². The molecular formula is C24H25N3O4. The van der Waals surface area contributed by atoms with Crippen molar-refractivity contribution in [3.05, 3.63) is 78.4 Å². The van der Waals surface area contributed by atoms with Crippen LogP contribution in [-0.4, -0.2) is 32.1 Å². The predicted molar refractivity (Wildman–Crippen MR) is 122 cm³/mol. The molecule has 0 unspecified atom stereocenters. The molecule has 0 spiro atoms. The molecule has 3 rings (SSSR count). The van der Waals surface area contributed by atoms with Crippen LogP contribution in [0.15, 0.2) is 72.8 Å². The first kappa shape index (κ1) is 21.7. The van der Waals surface area contributed by atoms with Crippen molar-refractivity contribution >= 4 is 28.9 Å². The first-order chi connectivity index (χ1) is 15.1. The molecule has 31 heavy (non-hydrogen) atoms. The number of anilines is 3. The highest BCUT2D eigenvalue weighted by Crippen LogP contribution is 2.17. The van der Waals surface area contributed by atoms with Gasteiger partial charge in [-0.25, -0.2) is 0 Å². The molecule has 0 aliphatic carbocycles. The lowest BCUT2D eigenvalue weighted by Crippen LogP contribution is -2.21. The van der Waals surface area contributed by atoms with Crippen LogP contribution in [-0.2, 0) is 4.79 Å². The summed E-state index contributed by atoms with van der Waals surface area (Å²) in [6.45, 7) is 2.61. The lowest BCUT2D eigenvalue weighted by atomic mass is 10.2. The number of benzene rings is 3. The van der Waals surface area contributed by atoms with E-state index in [0.717, 1.165) is 17.2 Å². The van der Waals surface area contributed by atoms with Crippen LogP contribution in [0, 0.1) is 0 Å². The largest absolute Gasteiger partial charge is 0.497 e. The van der Waals surface area contributed by atoms with Crippen LogP contribution < -0.4 is 25.4 Å². The number of hydrogen-bond donors (Lipinski definition) is 3. The highest BCUT2D eigenvalue weighted by atomic mass is 16.5. The van der Waals surface area contributed by atoms with Crippen molar-refractivity contribution in [1.29, 1.82) is 0 Å². The molecule has 0 saturated heterocycles. The second-order valence-electron chi connectivity index (χ2n) is 6.62. The maximum absolute atomic E-state index is 12.4. The molecule has 3 aromatic rings. The van der Waals surface area contributed by atoms with Crippen LogP contribution in [0.1, 0.15) is 17.3 Å². The Morgan fingerprint density at radius 1 is 0.742 bits per heavy atom. The van der Waals surface area contributed by atoms with Gasteiger partial charge in [-0.15, -0.1) is 0 Å². The Kier molecular flexibility index (Phi) is 7.48. The standard InChI is InChI=1S/C24H25N3O4/c1-3-31-22-14-10-19(11-15-22)26-23(28)16-25-18-6-4-17(5-7-18)24(29)27-20-8-12-21(30-2)13-9-20/h4-15,25H,3,16H2,1-2H3,(H,26,28)(H,27,29). The van der Waals surface area contributed by atoms with Crippen molar-refractivity contribution in [3.63, 3.8) is 0 Å². The molecule has 160 valence electrons. The molecule has 3 aromatic carbocycles. The van der Waals surface area contributed by atoms with Gasteiger partial charge in [0, 0.05) is 22.6 Å². The SMILES string of the molecule is CCOc1ccc(NC(=O)CNc2ccc(C(=O)Nc3ccc(OC)cc3)cc2)cc1. The van der Waals surface area contributed by atoms with Gasteiger partial charge in [-0.1, -0.05) is 0 Å². The van der Waals surface area contributed by atoms with Crippen LogP contribution in [0.2, 0.25) is 0 Å². The van der Waals surface area contributed by atoms with Crippen LogP contribution in [0.25, 0.3) is 0 Å². The molecule has 0 saturated carbocycles. The molecule has 0 radical (unpaired) electrons. The third-order valence-electron chi connectivity index (χ3n) is 4.40. The Morgan fingerprint density at radius 3 is 1.87 bits per heavy atom. The van der Waals surface area contributed by atoms with Gasteiger partial charge in [0.15, 0.2) is 0 Å². The van der Waals surface area contributed by atoms with E-state index < -0.39 is 0 Å². The summed E-state index contributed by atoms with van der Waals surface area (Å²) in [6.07, 6.45) is 0. The number of amides is 2. The van der Waals surface area contributed by atoms with E-state index >= 15 is 0 Å². The smallest absolute Gasteiger partial charge is 0.255 e. The van der Waals surface area contributed by atoms with E-state index in [1.165, 1.54) is 0 Å². The Morgan fingerprint density at radius 2 is 1.29 bits per heavy atom.